The molecule has 0 bridgehead atoms. The van der Waals surface area contributed by atoms with Gasteiger partial charge in [-0.05, 0) is 17.7 Å². The Labute approximate surface area is 97.9 Å². The zero-order valence-electron chi connectivity index (χ0n) is 8.70. The second-order valence-electron chi connectivity index (χ2n) is 3.63. The lowest BCUT2D eigenvalue weighted by Crippen LogP contribution is -2.13. The molecule has 0 aromatic heterocycles. The van der Waals surface area contributed by atoms with Gasteiger partial charge in [-0.2, -0.15) is 8.42 Å². The maximum absolute atomic E-state index is 10.9. The van der Waals surface area contributed by atoms with Crippen molar-refractivity contribution in [2.75, 3.05) is 6.61 Å². The lowest BCUT2D eigenvalue weighted by atomic mass is 10.1. The Morgan fingerprint density at radius 2 is 2.18 bits per heavy atom. The molecule has 6 nitrogen and oxygen atoms in total. The number of cyclic esters (lactones) is 2. The third-order valence-corrected chi connectivity index (χ3v) is 3.16. The van der Waals surface area contributed by atoms with E-state index < -0.39 is 22.4 Å². The van der Waals surface area contributed by atoms with Gasteiger partial charge in [0.1, 0.15) is 12.7 Å². The van der Waals surface area contributed by atoms with E-state index in [1.165, 1.54) is 18.2 Å². The van der Waals surface area contributed by atoms with Crippen LogP contribution in [-0.2, 0) is 26.0 Å². The van der Waals surface area contributed by atoms with Crippen LogP contribution in [0, 0.1) is 0 Å². The van der Waals surface area contributed by atoms with Crippen LogP contribution in [-0.4, -0.2) is 31.8 Å². The average molecular weight is 258 g/mol. The van der Waals surface area contributed by atoms with Gasteiger partial charge in [0.15, 0.2) is 0 Å². The molecule has 1 fully saturated rings. The van der Waals surface area contributed by atoms with Gasteiger partial charge in [-0.3, -0.25) is 4.55 Å². The fraction of sp³-hybridized carbons (Fsp3) is 0.300. The maximum Gasteiger partial charge on any atom is 0.508 e. The van der Waals surface area contributed by atoms with Crippen LogP contribution < -0.4 is 0 Å². The average Bonchev–Trinajstić information content (AvgIpc) is 2.63. The minimum Gasteiger partial charge on any atom is -0.430 e. The summed E-state index contributed by atoms with van der Waals surface area (Å²) in [5.74, 6) is 0. The molecule has 1 aromatic rings. The van der Waals surface area contributed by atoms with Crippen LogP contribution in [0.25, 0.3) is 0 Å². The molecule has 1 atom stereocenters. The Morgan fingerprint density at radius 1 is 1.41 bits per heavy atom. The highest BCUT2D eigenvalue weighted by Crippen LogP contribution is 2.16. The van der Waals surface area contributed by atoms with E-state index in [1.54, 1.807) is 6.07 Å². The molecule has 7 heteroatoms. The van der Waals surface area contributed by atoms with Crippen LogP contribution in [0.2, 0.25) is 0 Å². The largest absolute Gasteiger partial charge is 0.508 e. The van der Waals surface area contributed by atoms with Gasteiger partial charge in [0.05, 0.1) is 4.90 Å². The first-order valence-corrected chi connectivity index (χ1v) is 6.29. The van der Waals surface area contributed by atoms with Crippen LogP contribution in [0.3, 0.4) is 0 Å². The molecule has 0 spiro atoms. The first-order valence-electron chi connectivity index (χ1n) is 4.85. The third-order valence-electron chi connectivity index (χ3n) is 2.31. The number of hydrogen-bond donors (Lipinski definition) is 1. The van der Waals surface area contributed by atoms with Crippen molar-refractivity contribution in [3.63, 3.8) is 0 Å². The van der Waals surface area contributed by atoms with Gasteiger partial charge in [0, 0.05) is 6.42 Å². The molecule has 1 aliphatic heterocycles. The summed E-state index contributed by atoms with van der Waals surface area (Å²) in [7, 11) is -4.21. The summed E-state index contributed by atoms with van der Waals surface area (Å²) in [6, 6.07) is 5.81. The molecule has 0 saturated carbocycles. The summed E-state index contributed by atoms with van der Waals surface area (Å²) < 4.78 is 40.1. The van der Waals surface area contributed by atoms with E-state index >= 15 is 0 Å². The molecule has 0 amide bonds. The van der Waals surface area contributed by atoms with Crippen molar-refractivity contribution in [1.82, 2.24) is 0 Å². The van der Waals surface area contributed by atoms with E-state index in [-0.39, 0.29) is 11.5 Å². The first kappa shape index (κ1) is 11.9. The van der Waals surface area contributed by atoms with E-state index in [1.807, 2.05) is 0 Å². The first-order chi connectivity index (χ1) is 7.95. The third kappa shape index (κ3) is 2.95. The number of ether oxygens (including phenoxy) is 2. The zero-order valence-corrected chi connectivity index (χ0v) is 9.51. The molecule has 1 aliphatic rings. The van der Waals surface area contributed by atoms with Crippen molar-refractivity contribution in [2.45, 2.75) is 17.4 Å². The summed E-state index contributed by atoms with van der Waals surface area (Å²) in [5, 5.41) is 0. The Kier molecular flexibility index (Phi) is 3.03. The summed E-state index contributed by atoms with van der Waals surface area (Å²) in [5.41, 5.74) is 0.642. The van der Waals surface area contributed by atoms with Crippen LogP contribution in [0.4, 0.5) is 4.79 Å². The summed E-state index contributed by atoms with van der Waals surface area (Å²) in [4.78, 5) is 10.5. The van der Waals surface area contributed by atoms with Gasteiger partial charge < -0.3 is 9.47 Å². The predicted octanol–water partition coefficient (Wildman–Crippen LogP) is 1.01. The second kappa shape index (κ2) is 4.34. The van der Waals surface area contributed by atoms with Gasteiger partial charge >= 0.3 is 6.16 Å². The SMILES string of the molecule is O=C1OCC(Cc2cccc(S(=O)(=O)O)c2)O1. The standard InChI is InChI=1S/C10H10O6S/c11-10-15-6-8(16-10)4-7-2-1-3-9(5-7)17(12,13)14/h1-3,5,8H,4,6H2,(H,12,13,14). The van der Waals surface area contributed by atoms with Crippen molar-refractivity contribution in [1.29, 1.82) is 0 Å². The highest BCUT2D eigenvalue weighted by molar-refractivity contribution is 7.85. The van der Waals surface area contributed by atoms with Crippen molar-refractivity contribution in [2.24, 2.45) is 0 Å². The Bertz CT molecular complexity index is 535. The highest BCUT2D eigenvalue weighted by atomic mass is 32.2. The lowest BCUT2D eigenvalue weighted by molar-refractivity contribution is 0.118. The van der Waals surface area contributed by atoms with Crippen LogP contribution in [0.15, 0.2) is 29.2 Å². The van der Waals surface area contributed by atoms with Gasteiger partial charge in [0.25, 0.3) is 10.1 Å². The van der Waals surface area contributed by atoms with Crippen LogP contribution in [0.5, 0.6) is 0 Å². The van der Waals surface area contributed by atoms with Crippen LogP contribution in [0.1, 0.15) is 5.56 Å². The summed E-state index contributed by atoms with van der Waals surface area (Å²) in [6.45, 7) is 0.148. The molecule has 92 valence electrons. The molecule has 1 aromatic carbocycles. The lowest BCUT2D eigenvalue weighted by Gasteiger charge is -2.07. The molecule has 1 unspecified atom stereocenters. The van der Waals surface area contributed by atoms with E-state index in [0.717, 1.165) is 0 Å². The molecule has 1 heterocycles. The highest BCUT2D eigenvalue weighted by Gasteiger charge is 2.25. The number of carbonyl (C=O) groups excluding carboxylic acids is 1. The topological polar surface area (TPSA) is 89.9 Å². The molecular weight excluding hydrogens is 248 g/mol. The van der Waals surface area contributed by atoms with Crippen LogP contribution >= 0.6 is 0 Å². The molecule has 2 rings (SSSR count). The monoisotopic (exact) mass is 258 g/mol. The van der Waals surface area contributed by atoms with E-state index in [2.05, 4.69) is 4.74 Å². The zero-order chi connectivity index (χ0) is 12.5. The van der Waals surface area contributed by atoms with Crippen molar-refractivity contribution in [3.8, 4) is 0 Å². The summed E-state index contributed by atoms with van der Waals surface area (Å²) in [6.07, 6.45) is -0.796. The fourth-order valence-corrected chi connectivity index (χ4v) is 2.11. The van der Waals surface area contributed by atoms with Crippen molar-refractivity contribution in [3.05, 3.63) is 29.8 Å². The summed E-state index contributed by atoms with van der Waals surface area (Å²) >= 11 is 0. The quantitative estimate of drug-likeness (QED) is 0.642. The Balaban J connectivity index is 2.14. The molecular formula is C10H10O6S. The van der Waals surface area contributed by atoms with Crippen molar-refractivity contribution >= 4 is 16.3 Å². The molecule has 0 radical (unpaired) electrons. The number of benzene rings is 1. The molecule has 0 aliphatic carbocycles. The smallest absolute Gasteiger partial charge is 0.430 e. The van der Waals surface area contributed by atoms with E-state index in [4.69, 9.17) is 9.29 Å². The molecule has 17 heavy (non-hydrogen) atoms. The normalized spacial score (nSPS) is 19.8. The van der Waals surface area contributed by atoms with Gasteiger partial charge in [-0.1, -0.05) is 12.1 Å². The number of hydrogen-bond acceptors (Lipinski definition) is 5. The fourth-order valence-electron chi connectivity index (χ4n) is 1.56. The Hall–Kier alpha value is -1.60. The van der Waals surface area contributed by atoms with Gasteiger partial charge in [-0.15, -0.1) is 0 Å². The molecule has 1 N–H and O–H groups in total. The number of carbonyl (C=O) groups is 1. The van der Waals surface area contributed by atoms with E-state index in [9.17, 15) is 13.2 Å². The Morgan fingerprint density at radius 3 is 2.76 bits per heavy atom. The van der Waals surface area contributed by atoms with Gasteiger partial charge in [-0.25, -0.2) is 4.79 Å². The second-order valence-corrected chi connectivity index (χ2v) is 5.05. The molecule has 1 saturated heterocycles. The minimum absolute atomic E-state index is 0.148. The predicted molar refractivity (Wildman–Crippen MR) is 56.2 cm³/mol. The number of rotatable bonds is 3. The van der Waals surface area contributed by atoms with Crippen molar-refractivity contribution < 1.29 is 27.2 Å². The van der Waals surface area contributed by atoms with Gasteiger partial charge in [0.2, 0.25) is 0 Å². The minimum atomic E-state index is -4.21. The maximum atomic E-state index is 10.9. The van der Waals surface area contributed by atoms with E-state index in [0.29, 0.717) is 12.0 Å².